The van der Waals surface area contributed by atoms with Crippen molar-refractivity contribution in [1.29, 1.82) is 0 Å². The van der Waals surface area contributed by atoms with Gasteiger partial charge in [0.05, 0.1) is 17.7 Å². The molecule has 2 heterocycles. The SMILES string of the molecule is C=CCOc1ccc(C2CC(=O)Nc3c(S(=O)(=O)c4ccc(C)cc4)csc32)cc1OC. The standard InChI is InChI=1S/C24H23NO5S2/c1-4-11-30-19-10-7-16(12-20(19)29-3)18-13-22(26)25-23-21(14-31-24(18)23)32(27,28)17-8-5-15(2)6-9-17/h4-10,12,14,18H,1,11,13H2,2-3H3,(H,25,26). The molecule has 1 amide bonds. The molecule has 32 heavy (non-hydrogen) atoms. The van der Waals surface area contributed by atoms with Gasteiger partial charge in [0, 0.05) is 22.6 Å². The number of carbonyl (C=O) groups excluding carboxylic acids is 1. The maximum Gasteiger partial charge on any atom is 0.225 e. The molecule has 6 nitrogen and oxygen atoms in total. The van der Waals surface area contributed by atoms with Gasteiger partial charge in [-0.3, -0.25) is 4.79 Å². The van der Waals surface area contributed by atoms with E-state index in [1.54, 1.807) is 48.9 Å². The first-order valence-corrected chi connectivity index (χ1v) is 12.4. The molecule has 8 heteroatoms. The van der Waals surface area contributed by atoms with Gasteiger partial charge in [0.15, 0.2) is 11.5 Å². The van der Waals surface area contributed by atoms with Gasteiger partial charge in [-0.1, -0.05) is 36.4 Å². The number of methoxy groups -OCH3 is 1. The number of carbonyl (C=O) groups is 1. The van der Waals surface area contributed by atoms with E-state index in [0.717, 1.165) is 16.0 Å². The number of benzene rings is 2. The van der Waals surface area contributed by atoms with Crippen molar-refractivity contribution in [3.8, 4) is 11.5 Å². The molecule has 1 aliphatic rings. The molecule has 0 radical (unpaired) electrons. The molecule has 166 valence electrons. The summed E-state index contributed by atoms with van der Waals surface area (Å²) < 4.78 is 37.6. The van der Waals surface area contributed by atoms with Crippen LogP contribution in [0.15, 0.2) is 70.3 Å². The Morgan fingerprint density at radius 3 is 2.62 bits per heavy atom. The lowest BCUT2D eigenvalue weighted by Crippen LogP contribution is -2.23. The van der Waals surface area contributed by atoms with E-state index in [1.165, 1.54) is 11.3 Å². The van der Waals surface area contributed by atoms with E-state index in [2.05, 4.69) is 11.9 Å². The quantitative estimate of drug-likeness (QED) is 0.496. The van der Waals surface area contributed by atoms with Crippen molar-refractivity contribution in [1.82, 2.24) is 0 Å². The summed E-state index contributed by atoms with van der Waals surface area (Å²) in [6.45, 7) is 5.89. The van der Waals surface area contributed by atoms with Gasteiger partial charge in [-0.2, -0.15) is 0 Å². The number of nitrogens with one attached hydrogen (secondary N) is 1. The fourth-order valence-corrected chi connectivity index (χ4v) is 6.59. The van der Waals surface area contributed by atoms with Crippen LogP contribution < -0.4 is 14.8 Å². The maximum absolute atomic E-state index is 13.3. The number of amides is 1. The fraction of sp³-hybridized carbons (Fsp3) is 0.208. The van der Waals surface area contributed by atoms with Gasteiger partial charge in [-0.05, 0) is 36.8 Å². The third-order valence-electron chi connectivity index (χ3n) is 5.32. The third-order valence-corrected chi connectivity index (χ3v) is 8.36. The summed E-state index contributed by atoms with van der Waals surface area (Å²) >= 11 is 1.33. The normalized spacial score (nSPS) is 15.6. The smallest absolute Gasteiger partial charge is 0.225 e. The average molecular weight is 470 g/mol. The maximum atomic E-state index is 13.3. The highest BCUT2D eigenvalue weighted by molar-refractivity contribution is 7.91. The van der Waals surface area contributed by atoms with Crippen LogP contribution in [-0.4, -0.2) is 28.0 Å². The number of fused-ring (bicyclic) bond motifs is 1. The summed E-state index contributed by atoms with van der Waals surface area (Å²) in [5.41, 5.74) is 2.19. The second-order valence-electron chi connectivity index (χ2n) is 7.47. The summed E-state index contributed by atoms with van der Waals surface area (Å²) in [5, 5.41) is 4.40. The zero-order valence-corrected chi connectivity index (χ0v) is 19.4. The molecule has 3 aromatic rings. The lowest BCUT2D eigenvalue weighted by molar-refractivity contribution is -0.116. The summed E-state index contributed by atoms with van der Waals surface area (Å²) in [6.07, 6.45) is 1.86. The monoisotopic (exact) mass is 469 g/mol. The van der Waals surface area contributed by atoms with Crippen LogP contribution in [0, 0.1) is 6.92 Å². The molecule has 4 rings (SSSR count). The Balaban J connectivity index is 1.76. The minimum Gasteiger partial charge on any atom is -0.493 e. The molecule has 1 atom stereocenters. The minimum absolute atomic E-state index is 0.123. The number of hydrogen-bond donors (Lipinski definition) is 1. The van der Waals surface area contributed by atoms with Crippen LogP contribution in [-0.2, 0) is 14.6 Å². The summed E-state index contributed by atoms with van der Waals surface area (Å²) in [7, 11) is -2.22. The number of hydrogen-bond acceptors (Lipinski definition) is 6. The zero-order valence-electron chi connectivity index (χ0n) is 17.8. The van der Waals surface area contributed by atoms with Crippen molar-refractivity contribution in [3.05, 3.63) is 76.5 Å². The molecular formula is C24H23NO5S2. The lowest BCUT2D eigenvalue weighted by atomic mass is 9.90. The largest absolute Gasteiger partial charge is 0.493 e. The van der Waals surface area contributed by atoms with E-state index in [-0.39, 0.29) is 28.0 Å². The number of thiophene rings is 1. The van der Waals surface area contributed by atoms with E-state index < -0.39 is 9.84 Å². The molecule has 0 fully saturated rings. The van der Waals surface area contributed by atoms with Crippen molar-refractivity contribution in [3.63, 3.8) is 0 Å². The number of ether oxygens (including phenoxy) is 2. The van der Waals surface area contributed by atoms with E-state index in [4.69, 9.17) is 9.47 Å². The first-order chi connectivity index (χ1) is 15.3. The van der Waals surface area contributed by atoms with Crippen molar-refractivity contribution < 1.29 is 22.7 Å². The molecule has 0 bridgehead atoms. The van der Waals surface area contributed by atoms with Gasteiger partial charge in [-0.25, -0.2) is 8.42 Å². The van der Waals surface area contributed by atoms with Gasteiger partial charge in [0.25, 0.3) is 0 Å². The Morgan fingerprint density at radius 2 is 1.94 bits per heavy atom. The summed E-state index contributed by atoms with van der Waals surface area (Å²) in [6, 6.07) is 12.2. The predicted octanol–water partition coefficient (Wildman–Crippen LogP) is 4.94. The van der Waals surface area contributed by atoms with Crippen LogP contribution >= 0.6 is 11.3 Å². The van der Waals surface area contributed by atoms with E-state index in [1.807, 2.05) is 19.1 Å². The van der Waals surface area contributed by atoms with Crippen molar-refractivity contribution in [2.24, 2.45) is 0 Å². The first-order valence-electron chi connectivity index (χ1n) is 9.99. The topological polar surface area (TPSA) is 81.7 Å². The number of sulfone groups is 1. The average Bonchev–Trinajstić information content (AvgIpc) is 3.22. The molecule has 1 N–H and O–H groups in total. The molecular weight excluding hydrogens is 446 g/mol. The van der Waals surface area contributed by atoms with Crippen molar-refractivity contribution in [2.75, 3.05) is 19.0 Å². The number of aryl methyl sites for hydroxylation is 1. The highest BCUT2D eigenvalue weighted by atomic mass is 32.2. The Morgan fingerprint density at radius 1 is 1.19 bits per heavy atom. The van der Waals surface area contributed by atoms with Gasteiger partial charge in [0.2, 0.25) is 15.7 Å². The van der Waals surface area contributed by atoms with Crippen LogP contribution in [0.5, 0.6) is 11.5 Å². The van der Waals surface area contributed by atoms with E-state index >= 15 is 0 Å². The highest BCUT2D eigenvalue weighted by Crippen LogP contribution is 2.47. The van der Waals surface area contributed by atoms with Crippen LogP contribution in [0.25, 0.3) is 0 Å². The van der Waals surface area contributed by atoms with Crippen molar-refractivity contribution in [2.45, 2.75) is 29.1 Å². The molecule has 2 aromatic carbocycles. The number of anilines is 1. The zero-order chi connectivity index (χ0) is 22.9. The van der Waals surface area contributed by atoms with Gasteiger partial charge in [-0.15, -0.1) is 11.3 Å². The fourth-order valence-electron chi connectivity index (χ4n) is 3.68. The van der Waals surface area contributed by atoms with Crippen LogP contribution in [0.3, 0.4) is 0 Å². The van der Waals surface area contributed by atoms with Crippen LogP contribution in [0.2, 0.25) is 0 Å². The van der Waals surface area contributed by atoms with Crippen molar-refractivity contribution >= 4 is 32.8 Å². The third kappa shape index (κ3) is 4.03. The molecule has 1 aliphatic heterocycles. The van der Waals surface area contributed by atoms with E-state index in [0.29, 0.717) is 23.8 Å². The highest BCUT2D eigenvalue weighted by Gasteiger charge is 2.34. The first kappa shape index (κ1) is 22.1. The Hall–Kier alpha value is -3.10. The molecule has 1 unspecified atom stereocenters. The molecule has 1 aromatic heterocycles. The molecule has 0 saturated heterocycles. The van der Waals surface area contributed by atoms with Gasteiger partial charge < -0.3 is 14.8 Å². The summed E-state index contributed by atoms with van der Waals surface area (Å²) in [5.74, 6) is 0.603. The Bertz CT molecular complexity index is 1280. The van der Waals surface area contributed by atoms with Crippen LogP contribution in [0.1, 0.15) is 28.3 Å². The lowest BCUT2D eigenvalue weighted by Gasteiger charge is -2.24. The van der Waals surface area contributed by atoms with Crippen LogP contribution in [0.4, 0.5) is 5.69 Å². The minimum atomic E-state index is -3.77. The van der Waals surface area contributed by atoms with E-state index in [9.17, 15) is 13.2 Å². The Labute approximate surface area is 191 Å². The summed E-state index contributed by atoms with van der Waals surface area (Å²) in [4.78, 5) is 13.7. The van der Waals surface area contributed by atoms with Gasteiger partial charge in [0.1, 0.15) is 11.5 Å². The second-order valence-corrected chi connectivity index (χ2v) is 10.3. The Kier molecular flexibility index (Phi) is 6.08. The molecule has 0 saturated carbocycles. The number of rotatable bonds is 7. The van der Waals surface area contributed by atoms with Gasteiger partial charge >= 0.3 is 0 Å². The molecule has 0 spiro atoms. The predicted molar refractivity (Wildman–Crippen MR) is 125 cm³/mol. The molecule has 0 aliphatic carbocycles. The second kappa shape index (κ2) is 8.80.